The summed E-state index contributed by atoms with van der Waals surface area (Å²) in [4.78, 5) is 2.39. The molecule has 1 saturated heterocycles. The molecule has 0 amide bonds. The molecule has 4 nitrogen and oxygen atoms in total. The van der Waals surface area contributed by atoms with E-state index in [1.807, 2.05) is 6.07 Å². The average molecular weight is 478 g/mol. The number of aliphatic hydroxyl groups is 1. The first-order valence-corrected chi connectivity index (χ1v) is 12.3. The Morgan fingerprint density at radius 2 is 1.66 bits per heavy atom. The van der Waals surface area contributed by atoms with E-state index in [9.17, 15) is 5.11 Å². The van der Waals surface area contributed by atoms with Crippen molar-refractivity contribution in [2.45, 2.75) is 55.6 Å². The number of β-amino-alcohol motifs (C(OH)–C–C–N with tert-alkyl or cyclic N) is 1. The lowest BCUT2D eigenvalue weighted by Crippen LogP contribution is -2.53. The summed E-state index contributed by atoms with van der Waals surface area (Å²) in [6.45, 7) is 2.99. The quantitative estimate of drug-likeness (QED) is 0.535. The first-order valence-electron chi connectivity index (χ1n) is 11.5. The molecular weight excluding hydrogens is 445 g/mol. The summed E-state index contributed by atoms with van der Waals surface area (Å²) >= 11 is 12.1. The van der Waals surface area contributed by atoms with E-state index in [4.69, 9.17) is 32.7 Å². The Kier molecular flexibility index (Phi) is 7.69. The number of ether oxygens (including phenoxy) is 2. The number of benzene rings is 2. The van der Waals surface area contributed by atoms with Crippen LogP contribution in [0.25, 0.3) is 0 Å². The smallest absolute Gasteiger partial charge is 0.121 e. The normalized spacial score (nSPS) is 26.1. The van der Waals surface area contributed by atoms with Crippen molar-refractivity contribution in [1.29, 1.82) is 0 Å². The van der Waals surface area contributed by atoms with Gasteiger partial charge in [-0.2, -0.15) is 0 Å². The molecule has 0 bridgehead atoms. The second-order valence-electron chi connectivity index (χ2n) is 9.44. The summed E-state index contributed by atoms with van der Waals surface area (Å²) in [5.41, 5.74) is 0.491. The number of hydrogen-bond acceptors (Lipinski definition) is 4. The summed E-state index contributed by atoms with van der Waals surface area (Å²) in [6.07, 6.45) is 5.56. The van der Waals surface area contributed by atoms with Crippen LogP contribution in [0.5, 0.6) is 5.75 Å². The molecule has 2 fully saturated rings. The van der Waals surface area contributed by atoms with Crippen LogP contribution in [0.15, 0.2) is 48.5 Å². The molecule has 2 aromatic rings. The Balaban J connectivity index is 1.26. The predicted octanol–water partition coefficient (Wildman–Crippen LogP) is 5.94. The van der Waals surface area contributed by atoms with Gasteiger partial charge in [0, 0.05) is 32.8 Å². The molecule has 1 saturated carbocycles. The summed E-state index contributed by atoms with van der Waals surface area (Å²) in [7, 11) is 1.76. The zero-order valence-corrected chi connectivity index (χ0v) is 20.2. The first-order chi connectivity index (χ1) is 15.4. The number of rotatable bonds is 7. The van der Waals surface area contributed by atoms with Gasteiger partial charge in [-0.05, 0) is 62.1 Å². The molecule has 0 unspecified atom stereocenters. The lowest BCUT2D eigenvalue weighted by molar-refractivity contribution is -0.0981. The Morgan fingerprint density at radius 1 is 0.969 bits per heavy atom. The number of piperidine rings is 1. The molecule has 174 valence electrons. The lowest BCUT2D eigenvalue weighted by atomic mass is 9.75. The average Bonchev–Trinajstić information content (AvgIpc) is 2.82. The van der Waals surface area contributed by atoms with E-state index >= 15 is 0 Å². The van der Waals surface area contributed by atoms with Crippen LogP contribution in [-0.2, 0) is 4.74 Å². The van der Waals surface area contributed by atoms with Crippen molar-refractivity contribution in [3.8, 4) is 5.75 Å². The summed E-state index contributed by atoms with van der Waals surface area (Å²) in [6, 6.07) is 16.0. The Hall–Kier alpha value is -1.30. The second-order valence-corrected chi connectivity index (χ2v) is 10.3. The maximum Gasteiger partial charge on any atom is 0.121 e. The number of methoxy groups -OCH3 is 1. The van der Waals surface area contributed by atoms with Gasteiger partial charge in [-0.1, -0.05) is 53.5 Å². The second kappa shape index (κ2) is 10.3. The number of halogens is 2. The van der Waals surface area contributed by atoms with Crippen LogP contribution in [0.3, 0.4) is 0 Å². The molecule has 2 aromatic carbocycles. The molecule has 1 aliphatic heterocycles. The molecule has 0 spiro atoms. The maximum absolute atomic E-state index is 11.3. The van der Waals surface area contributed by atoms with Crippen LogP contribution in [0.4, 0.5) is 0 Å². The van der Waals surface area contributed by atoms with Crippen molar-refractivity contribution in [1.82, 2.24) is 4.90 Å². The van der Waals surface area contributed by atoms with Crippen molar-refractivity contribution in [3.05, 3.63) is 64.1 Å². The molecule has 0 aromatic heterocycles. The van der Waals surface area contributed by atoms with Crippen molar-refractivity contribution in [3.63, 3.8) is 0 Å². The van der Waals surface area contributed by atoms with E-state index in [1.165, 1.54) is 5.56 Å². The standard InChI is InChI=1S/C26H33Cl2NO3/c1-31-26(19-32-22-7-8-23(27)24(28)17-22)13-15-29(16-14-26)18-25(30)11-9-21(10-12-25)20-5-3-2-4-6-20/h2-8,17,21,30H,9-16,18-19H2,1H3. The van der Waals surface area contributed by atoms with Gasteiger partial charge in [-0.3, -0.25) is 0 Å². The van der Waals surface area contributed by atoms with E-state index in [-0.39, 0.29) is 5.60 Å². The lowest BCUT2D eigenvalue weighted by Gasteiger charge is -2.44. The number of hydrogen-bond donors (Lipinski definition) is 1. The van der Waals surface area contributed by atoms with Crippen LogP contribution in [0, 0.1) is 0 Å². The fourth-order valence-electron chi connectivity index (χ4n) is 5.10. The van der Waals surface area contributed by atoms with Gasteiger partial charge in [-0.25, -0.2) is 0 Å². The van der Waals surface area contributed by atoms with Crippen molar-refractivity contribution < 1.29 is 14.6 Å². The van der Waals surface area contributed by atoms with Gasteiger partial charge in [0.1, 0.15) is 18.0 Å². The van der Waals surface area contributed by atoms with Gasteiger partial charge in [0.2, 0.25) is 0 Å². The van der Waals surface area contributed by atoms with E-state index in [1.54, 1.807) is 19.2 Å². The third-order valence-corrected chi connectivity index (χ3v) is 8.04. The van der Waals surface area contributed by atoms with Crippen LogP contribution in [-0.4, -0.2) is 54.6 Å². The Bertz CT molecular complexity index is 876. The Labute approximate surface area is 201 Å². The molecule has 1 aliphatic carbocycles. The van der Waals surface area contributed by atoms with Gasteiger partial charge in [0.15, 0.2) is 0 Å². The Morgan fingerprint density at radius 3 is 2.28 bits per heavy atom. The van der Waals surface area contributed by atoms with Crippen LogP contribution in [0.1, 0.15) is 50.0 Å². The highest BCUT2D eigenvalue weighted by molar-refractivity contribution is 6.42. The van der Waals surface area contributed by atoms with Crippen LogP contribution >= 0.6 is 23.2 Å². The van der Waals surface area contributed by atoms with E-state index in [0.29, 0.717) is 28.3 Å². The van der Waals surface area contributed by atoms with Crippen LogP contribution in [0.2, 0.25) is 10.0 Å². The minimum absolute atomic E-state index is 0.323. The van der Waals surface area contributed by atoms with E-state index < -0.39 is 5.60 Å². The highest BCUT2D eigenvalue weighted by atomic mass is 35.5. The summed E-state index contributed by atoms with van der Waals surface area (Å²) < 4.78 is 11.9. The predicted molar refractivity (Wildman–Crippen MR) is 130 cm³/mol. The van der Waals surface area contributed by atoms with E-state index in [2.05, 4.69) is 35.2 Å². The zero-order chi connectivity index (χ0) is 22.6. The zero-order valence-electron chi connectivity index (χ0n) is 18.7. The van der Waals surface area contributed by atoms with E-state index in [0.717, 1.165) is 58.2 Å². The first kappa shape index (κ1) is 23.8. The molecule has 1 heterocycles. The minimum Gasteiger partial charge on any atom is -0.491 e. The largest absolute Gasteiger partial charge is 0.491 e. The van der Waals surface area contributed by atoms with Gasteiger partial charge in [0.25, 0.3) is 0 Å². The summed E-state index contributed by atoms with van der Waals surface area (Å²) in [5, 5.41) is 12.3. The molecule has 32 heavy (non-hydrogen) atoms. The molecule has 2 aliphatic rings. The highest BCUT2D eigenvalue weighted by Gasteiger charge is 2.40. The topological polar surface area (TPSA) is 41.9 Å². The molecule has 0 atom stereocenters. The molecule has 1 N–H and O–H groups in total. The van der Waals surface area contributed by atoms with Gasteiger partial charge < -0.3 is 19.5 Å². The molecule has 6 heteroatoms. The van der Waals surface area contributed by atoms with Crippen molar-refractivity contribution in [2.24, 2.45) is 0 Å². The molecule has 4 rings (SSSR count). The minimum atomic E-state index is -0.588. The monoisotopic (exact) mass is 477 g/mol. The molecule has 0 radical (unpaired) electrons. The summed E-state index contributed by atoms with van der Waals surface area (Å²) in [5.74, 6) is 1.26. The van der Waals surface area contributed by atoms with Crippen molar-refractivity contribution >= 4 is 23.2 Å². The van der Waals surface area contributed by atoms with Crippen LogP contribution < -0.4 is 4.74 Å². The third kappa shape index (κ3) is 5.78. The van der Waals surface area contributed by atoms with Crippen molar-refractivity contribution in [2.75, 3.05) is 33.4 Å². The third-order valence-electron chi connectivity index (χ3n) is 7.30. The highest BCUT2D eigenvalue weighted by Crippen LogP contribution is 2.39. The van der Waals surface area contributed by atoms with Gasteiger partial charge >= 0.3 is 0 Å². The molecular formula is C26H33Cl2NO3. The SMILES string of the molecule is COC1(COc2ccc(Cl)c(Cl)c2)CCN(CC2(O)CCC(c3ccccc3)CC2)CC1. The fraction of sp³-hybridized carbons (Fsp3) is 0.538. The fourth-order valence-corrected chi connectivity index (χ4v) is 5.38. The van der Waals surface area contributed by atoms with Gasteiger partial charge in [-0.15, -0.1) is 0 Å². The van der Waals surface area contributed by atoms with Gasteiger partial charge in [0.05, 0.1) is 15.6 Å². The maximum atomic E-state index is 11.3. The number of likely N-dealkylation sites (tertiary alicyclic amines) is 1. The number of nitrogens with zero attached hydrogens (tertiary/aromatic N) is 1.